The van der Waals surface area contributed by atoms with Crippen molar-refractivity contribution in [3.05, 3.63) is 36.0 Å². The molecule has 0 spiro atoms. The fourth-order valence-corrected chi connectivity index (χ4v) is 2.32. The first-order valence-corrected chi connectivity index (χ1v) is 7.43. The average Bonchev–Trinajstić information content (AvgIpc) is 3.11. The Morgan fingerprint density at radius 1 is 1.43 bits per heavy atom. The minimum Gasteiger partial charge on any atom is -0.497 e. The van der Waals surface area contributed by atoms with Gasteiger partial charge in [-0.2, -0.15) is 5.10 Å². The fraction of sp³-hybridized carbons (Fsp3) is 0.375. The van der Waals surface area contributed by atoms with Crippen LogP contribution in [0.5, 0.6) is 5.75 Å². The van der Waals surface area contributed by atoms with E-state index in [0.717, 1.165) is 11.3 Å². The van der Waals surface area contributed by atoms with Crippen LogP contribution >= 0.6 is 0 Å². The summed E-state index contributed by atoms with van der Waals surface area (Å²) in [6.45, 7) is 2.07. The van der Waals surface area contributed by atoms with Gasteiger partial charge in [-0.25, -0.2) is 0 Å². The lowest BCUT2D eigenvalue weighted by Gasteiger charge is -2.22. The van der Waals surface area contributed by atoms with E-state index in [2.05, 4.69) is 15.5 Å². The molecule has 7 nitrogen and oxygen atoms in total. The molecule has 0 bridgehead atoms. The van der Waals surface area contributed by atoms with Crippen LogP contribution in [-0.2, 0) is 9.47 Å². The molecule has 0 saturated carbocycles. The number of carbonyl (C=O) groups is 1. The van der Waals surface area contributed by atoms with Gasteiger partial charge in [0.2, 0.25) is 0 Å². The van der Waals surface area contributed by atoms with E-state index in [1.54, 1.807) is 13.2 Å². The van der Waals surface area contributed by atoms with Crippen LogP contribution in [0.25, 0.3) is 11.3 Å². The number of benzene rings is 1. The van der Waals surface area contributed by atoms with Gasteiger partial charge in [0.1, 0.15) is 11.4 Å². The normalized spacial score (nSPS) is 17.7. The first-order valence-electron chi connectivity index (χ1n) is 7.43. The lowest BCUT2D eigenvalue weighted by Crippen LogP contribution is -2.39. The topological polar surface area (TPSA) is 85.5 Å². The maximum atomic E-state index is 12.2. The zero-order chi connectivity index (χ0) is 16.1. The van der Waals surface area contributed by atoms with E-state index in [1.165, 1.54) is 0 Å². The molecule has 23 heavy (non-hydrogen) atoms. The van der Waals surface area contributed by atoms with Gasteiger partial charge in [-0.05, 0) is 18.2 Å². The summed E-state index contributed by atoms with van der Waals surface area (Å²) in [4.78, 5) is 12.2. The highest BCUT2D eigenvalue weighted by Gasteiger charge is 2.17. The van der Waals surface area contributed by atoms with E-state index in [4.69, 9.17) is 14.2 Å². The first kappa shape index (κ1) is 15.5. The summed E-state index contributed by atoms with van der Waals surface area (Å²) in [5.74, 6) is 0.520. The summed E-state index contributed by atoms with van der Waals surface area (Å²) in [6.07, 6.45) is -0.103. The summed E-state index contributed by atoms with van der Waals surface area (Å²) in [5, 5.41) is 9.75. The molecule has 1 aliphatic heterocycles. The van der Waals surface area contributed by atoms with Crippen molar-refractivity contribution in [1.82, 2.24) is 15.5 Å². The van der Waals surface area contributed by atoms with E-state index < -0.39 is 0 Å². The molecule has 1 unspecified atom stereocenters. The maximum Gasteiger partial charge on any atom is 0.269 e. The Bertz CT molecular complexity index is 665. The Morgan fingerprint density at radius 3 is 3.13 bits per heavy atom. The molecule has 1 saturated heterocycles. The number of nitrogens with zero attached hydrogens (tertiary/aromatic N) is 1. The van der Waals surface area contributed by atoms with Crippen LogP contribution in [0.3, 0.4) is 0 Å². The van der Waals surface area contributed by atoms with E-state index in [0.29, 0.717) is 37.8 Å². The Hall–Kier alpha value is -2.38. The molecule has 1 aromatic carbocycles. The number of nitrogens with one attached hydrogen (secondary N) is 2. The van der Waals surface area contributed by atoms with Gasteiger partial charge in [0.15, 0.2) is 0 Å². The number of methoxy groups -OCH3 is 1. The number of aromatic nitrogens is 2. The number of rotatable bonds is 5. The van der Waals surface area contributed by atoms with Crippen LogP contribution in [0.2, 0.25) is 0 Å². The zero-order valence-electron chi connectivity index (χ0n) is 12.9. The van der Waals surface area contributed by atoms with Crippen molar-refractivity contribution >= 4 is 5.91 Å². The number of ether oxygens (including phenoxy) is 3. The van der Waals surface area contributed by atoms with Crippen molar-refractivity contribution < 1.29 is 19.0 Å². The van der Waals surface area contributed by atoms with Crippen molar-refractivity contribution in [3.8, 4) is 17.0 Å². The molecule has 2 heterocycles. The van der Waals surface area contributed by atoms with Crippen LogP contribution in [0.15, 0.2) is 30.3 Å². The zero-order valence-corrected chi connectivity index (χ0v) is 12.9. The molecule has 0 radical (unpaired) electrons. The Labute approximate surface area is 133 Å². The minimum absolute atomic E-state index is 0.103. The number of hydrogen-bond donors (Lipinski definition) is 2. The molecule has 2 N–H and O–H groups in total. The van der Waals surface area contributed by atoms with Gasteiger partial charge in [-0.15, -0.1) is 0 Å². The predicted octanol–water partition coefficient (Wildman–Crippen LogP) is 1.23. The van der Waals surface area contributed by atoms with E-state index >= 15 is 0 Å². The number of hydrogen-bond acceptors (Lipinski definition) is 5. The lowest BCUT2D eigenvalue weighted by atomic mass is 10.1. The van der Waals surface area contributed by atoms with Crippen molar-refractivity contribution in [3.63, 3.8) is 0 Å². The first-order chi connectivity index (χ1) is 11.3. The van der Waals surface area contributed by atoms with Crippen molar-refractivity contribution in [2.24, 2.45) is 0 Å². The third-order valence-electron chi connectivity index (χ3n) is 3.56. The summed E-state index contributed by atoms with van der Waals surface area (Å²) in [6, 6.07) is 9.22. The lowest BCUT2D eigenvalue weighted by molar-refractivity contribution is -0.0855. The number of amides is 1. The SMILES string of the molecule is COc1cccc(-c2cc(C(=O)NCC3COCCO3)[nH]n2)c1. The summed E-state index contributed by atoms with van der Waals surface area (Å²) in [5.41, 5.74) is 1.97. The van der Waals surface area contributed by atoms with Crippen LogP contribution in [0, 0.1) is 0 Å². The van der Waals surface area contributed by atoms with Gasteiger partial charge in [0.25, 0.3) is 5.91 Å². The highest BCUT2D eigenvalue weighted by atomic mass is 16.6. The quantitative estimate of drug-likeness (QED) is 0.866. The second-order valence-electron chi connectivity index (χ2n) is 5.18. The number of aromatic amines is 1. The van der Waals surface area contributed by atoms with Crippen LogP contribution in [0.1, 0.15) is 10.5 Å². The van der Waals surface area contributed by atoms with Gasteiger partial charge >= 0.3 is 0 Å². The summed E-state index contributed by atoms with van der Waals surface area (Å²) < 4.78 is 16.0. The average molecular weight is 317 g/mol. The standard InChI is InChI=1S/C16H19N3O4/c1-21-12-4-2-3-11(7-12)14-8-15(19-18-14)16(20)17-9-13-10-22-5-6-23-13/h2-4,7-8,13H,5-6,9-10H2,1H3,(H,17,20)(H,18,19). The van der Waals surface area contributed by atoms with Crippen LogP contribution < -0.4 is 10.1 Å². The minimum atomic E-state index is -0.221. The van der Waals surface area contributed by atoms with Gasteiger partial charge in [-0.3, -0.25) is 9.89 Å². The third kappa shape index (κ3) is 3.88. The molecular weight excluding hydrogens is 298 g/mol. The Balaban J connectivity index is 1.62. The molecule has 1 atom stereocenters. The molecule has 1 aromatic heterocycles. The molecule has 3 rings (SSSR count). The smallest absolute Gasteiger partial charge is 0.269 e. The van der Waals surface area contributed by atoms with E-state index in [9.17, 15) is 4.79 Å². The van der Waals surface area contributed by atoms with Crippen LogP contribution in [0.4, 0.5) is 0 Å². The van der Waals surface area contributed by atoms with Gasteiger partial charge in [-0.1, -0.05) is 12.1 Å². The molecule has 0 aliphatic carbocycles. The molecule has 1 aliphatic rings. The van der Waals surface area contributed by atoms with Crippen molar-refractivity contribution in [2.75, 3.05) is 33.5 Å². The molecular formula is C16H19N3O4. The molecule has 2 aromatic rings. The van der Waals surface area contributed by atoms with Gasteiger partial charge in [0, 0.05) is 12.1 Å². The Kier molecular flexibility index (Phi) is 4.89. The van der Waals surface area contributed by atoms with Crippen molar-refractivity contribution in [1.29, 1.82) is 0 Å². The Morgan fingerprint density at radius 2 is 2.35 bits per heavy atom. The number of carbonyl (C=O) groups excluding carboxylic acids is 1. The second kappa shape index (κ2) is 7.26. The summed E-state index contributed by atoms with van der Waals surface area (Å²) in [7, 11) is 1.61. The van der Waals surface area contributed by atoms with Crippen molar-refractivity contribution in [2.45, 2.75) is 6.10 Å². The highest BCUT2D eigenvalue weighted by Crippen LogP contribution is 2.22. The monoisotopic (exact) mass is 317 g/mol. The molecule has 7 heteroatoms. The molecule has 1 fully saturated rings. The van der Waals surface area contributed by atoms with E-state index in [-0.39, 0.29) is 12.0 Å². The van der Waals surface area contributed by atoms with Gasteiger partial charge < -0.3 is 19.5 Å². The van der Waals surface area contributed by atoms with Gasteiger partial charge in [0.05, 0.1) is 38.7 Å². The predicted molar refractivity (Wildman–Crippen MR) is 83.5 cm³/mol. The second-order valence-corrected chi connectivity index (χ2v) is 5.18. The molecule has 1 amide bonds. The largest absolute Gasteiger partial charge is 0.497 e. The highest BCUT2D eigenvalue weighted by molar-refractivity contribution is 5.93. The summed E-state index contributed by atoms with van der Waals surface area (Å²) >= 11 is 0. The van der Waals surface area contributed by atoms with E-state index in [1.807, 2.05) is 24.3 Å². The third-order valence-corrected chi connectivity index (χ3v) is 3.56. The van der Waals surface area contributed by atoms with Crippen LogP contribution in [-0.4, -0.2) is 55.7 Å². The number of H-pyrrole nitrogens is 1. The fourth-order valence-electron chi connectivity index (χ4n) is 2.32. The maximum absolute atomic E-state index is 12.2. The molecule has 122 valence electrons.